The molecule has 0 radical (unpaired) electrons. The van der Waals surface area contributed by atoms with Crippen molar-refractivity contribution in [3.8, 4) is 11.5 Å². The quantitative estimate of drug-likeness (QED) is 0.0279. The number of carbonyl (C=O) groups is 8. The Labute approximate surface area is 317 Å². The molecular weight excluding hydrogens is 778 g/mol. The fourth-order valence-corrected chi connectivity index (χ4v) is 8.15. The third-order valence-electron chi connectivity index (χ3n) is 8.98. The molecule has 4 fully saturated rings. The van der Waals surface area contributed by atoms with Gasteiger partial charge in [-0.1, -0.05) is 28.5 Å². The number of thioether (sulfide) groups is 1. The maximum absolute atomic E-state index is 13.5. The highest BCUT2D eigenvalue weighted by molar-refractivity contribution is 8.02. The van der Waals surface area contributed by atoms with Crippen molar-refractivity contribution in [1.29, 1.82) is 0 Å². The summed E-state index contributed by atoms with van der Waals surface area (Å²) in [6.45, 7) is 1.78. The van der Waals surface area contributed by atoms with E-state index in [0.29, 0.717) is 6.29 Å². The van der Waals surface area contributed by atoms with Gasteiger partial charge in [0.1, 0.15) is 17.1 Å². The average molecular weight is 808 g/mol. The van der Waals surface area contributed by atoms with Gasteiger partial charge in [0.15, 0.2) is 33.5 Å². The fraction of sp³-hybridized carbons (Fsp3) is 0.400. The Balaban J connectivity index is 1.06. The molecule has 2 aromatic rings. The number of fused-ring (bicyclic) bond motifs is 1. The molecule has 0 saturated carbocycles. The number of aromatic hydroxyl groups is 2. The second kappa shape index (κ2) is 13.9. The van der Waals surface area contributed by atoms with Crippen LogP contribution in [0, 0.1) is 5.92 Å². The molecule has 24 heteroatoms. The van der Waals surface area contributed by atoms with E-state index in [1.165, 1.54) is 29.0 Å². The largest absolute Gasteiger partial charge is 0.504 e. The number of nitrogens with zero attached hydrogens (tertiary/aromatic N) is 6. The summed E-state index contributed by atoms with van der Waals surface area (Å²) in [6, 6.07) is 0.136. The van der Waals surface area contributed by atoms with Gasteiger partial charge in [0.05, 0.1) is 29.6 Å². The van der Waals surface area contributed by atoms with Crippen molar-refractivity contribution in [2.24, 2.45) is 11.1 Å². The number of hydrogen-bond donors (Lipinski definition) is 6. The van der Waals surface area contributed by atoms with Crippen LogP contribution in [-0.4, -0.2) is 148 Å². The molecule has 286 valence electrons. The minimum absolute atomic E-state index is 0.0284. The molecule has 1 aromatic carbocycles. The number of carbonyl (C=O) groups excluding carboxylic acids is 7. The molecule has 4 aliphatic rings. The number of hydrogen-bond acceptors (Lipinski definition) is 16. The lowest BCUT2D eigenvalue weighted by atomic mass is 9.97. The third-order valence-corrected chi connectivity index (χ3v) is 11.7. The van der Waals surface area contributed by atoms with Crippen molar-refractivity contribution in [2.45, 2.75) is 35.7 Å². The van der Waals surface area contributed by atoms with Crippen LogP contribution in [0.1, 0.15) is 29.9 Å². The van der Waals surface area contributed by atoms with Crippen LogP contribution in [0.3, 0.4) is 0 Å². The highest BCUT2D eigenvalue weighted by Crippen LogP contribution is 2.48. The molecule has 21 nitrogen and oxygen atoms in total. The van der Waals surface area contributed by atoms with Crippen molar-refractivity contribution in [3.05, 3.63) is 33.8 Å². The summed E-state index contributed by atoms with van der Waals surface area (Å²) in [6.07, 6.45) is 0.505. The number of amides is 6. The Morgan fingerprint density at radius 1 is 1.17 bits per heavy atom. The maximum atomic E-state index is 13.5. The van der Waals surface area contributed by atoms with Gasteiger partial charge in [-0.15, -0.1) is 11.3 Å². The highest BCUT2D eigenvalue weighted by atomic mass is 35.5. The molecule has 0 bridgehead atoms. The summed E-state index contributed by atoms with van der Waals surface area (Å²) in [5.74, 6) is -7.73. The van der Waals surface area contributed by atoms with Gasteiger partial charge >= 0.3 is 12.0 Å². The van der Waals surface area contributed by atoms with Gasteiger partial charge in [0.25, 0.3) is 17.6 Å². The van der Waals surface area contributed by atoms with Crippen molar-refractivity contribution >= 4 is 93.2 Å². The van der Waals surface area contributed by atoms with Crippen LogP contribution in [0.2, 0.25) is 5.02 Å². The van der Waals surface area contributed by atoms with Gasteiger partial charge in [0, 0.05) is 25.0 Å². The number of oxime groups is 1. The summed E-state index contributed by atoms with van der Waals surface area (Å²) in [7, 11) is 0. The minimum Gasteiger partial charge on any atom is -0.504 e. The fourth-order valence-electron chi connectivity index (χ4n) is 5.75. The zero-order valence-electron chi connectivity index (χ0n) is 28.0. The molecule has 6 rings (SSSR count). The number of β-lactam (4-membered cyclic amide) rings is 1. The molecule has 6 amide bonds. The van der Waals surface area contributed by atoms with E-state index < -0.39 is 91.5 Å². The third kappa shape index (κ3) is 6.57. The summed E-state index contributed by atoms with van der Waals surface area (Å²) in [4.78, 5) is 114. The van der Waals surface area contributed by atoms with Gasteiger partial charge in [0.2, 0.25) is 17.4 Å². The number of nitrogens with one attached hydrogen (secondary N) is 2. The van der Waals surface area contributed by atoms with Crippen LogP contribution in [0.4, 0.5) is 9.93 Å². The summed E-state index contributed by atoms with van der Waals surface area (Å²) < 4.78 is 0. The number of ketones is 1. The minimum atomic E-state index is -1.83. The topological polar surface area (TPSA) is 295 Å². The number of halogens is 1. The number of thiazole rings is 1. The first-order chi connectivity index (χ1) is 25.4. The summed E-state index contributed by atoms with van der Waals surface area (Å²) in [5.41, 5.74) is 5.50. The average Bonchev–Trinajstić information content (AvgIpc) is 3.81. The molecule has 54 heavy (non-hydrogen) atoms. The lowest BCUT2D eigenvalue weighted by molar-refractivity contribution is -0.161. The number of aromatic nitrogens is 1. The Morgan fingerprint density at radius 2 is 1.87 bits per heavy atom. The zero-order chi connectivity index (χ0) is 39.4. The molecule has 0 unspecified atom stereocenters. The van der Waals surface area contributed by atoms with Crippen LogP contribution < -0.4 is 16.5 Å². The number of phenols is 2. The number of likely N-dealkylation sites (tertiary alicyclic amines) is 1. The van der Waals surface area contributed by atoms with Crippen LogP contribution >= 0.6 is 34.7 Å². The smallest absolute Gasteiger partial charge is 0.350 e. The predicted octanol–water partition coefficient (Wildman–Crippen LogP) is -1.22. The molecule has 0 spiro atoms. The van der Waals surface area contributed by atoms with Gasteiger partial charge in [-0.3, -0.25) is 39.1 Å². The Kier molecular flexibility index (Phi) is 9.83. The van der Waals surface area contributed by atoms with Crippen LogP contribution in [-0.2, 0) is 33.6 Å². The number of urea groups is 1. The number of phenolic OH excluding ortho intramolecular Hbond substituents is 2. The molecule has 4 aliphatic heterocycles. The number of benzene rings is 1. The van der Waals surface area contributed by atoms with Crippen LogP contribution in [0.15, 0.2) is 22.7 Å². The first-order valence-corrected chi connectivity index (χ1v) is 17.9. The van der Waals surface area contributed by atoms with Crippen molar-refractivity contribution in [1.82, 2.24) is 35.4 Å². The lowest BCUT2D eigenvalue weighted by Gasteiger charge is -2.41. The van der Waals surface area contributed by atoms with Crippen molar-refractivity contribution in [3.63, 3.8) is 0 Å². The standard InChI is InChI=1S/C30H30ClN9O12S2/c1-29(2,26(49)50)52-36-17(14-9-53-27(32)33-14)22(46)34-18-23(47)38-10-30(11-41,54-25(18)38)39-5-6-40(28(39)51)35-21(45)12-7-37(8-12)24(48)19(43)13-3-4-15(42)20(44)16(13)31/h3-4,9,11-12,18,25,42,44H,5-8,10H2,1-2H3,(H2,32,33)(H,34,46)(H,35,45)(H,49,50)/b36-17-/t18-,25-,30-/m1/s1. The van der Waals surface area contributed by atoms with E-state index in [-0.39, 0.29) is 49.1 Å². The number of nitrogens with two attached hydrogens (primary N) is 1. The molecule has 0 aliphatic carbocycles. The second-order valence-electron chi connectivity index (χ2n) is 12.9. The Morgan fingerprint density at radius 3 is 2.50 bits per heavy atom. The van der Waals surface area contributed by atoms with E-state index >= 15 is 0 Å². The summed E-state index contributed by atoms with van der Waals surface area (Å²) in [5, 5.41) is 36.1. The maximum Gasteiger partial charge on any atom is 0.350 e. The highest BCUT2D eigenvalue weighted by Gasteiger charge is 2.63. The van der Waals surface area contributed by atoms with Gasteiger partial charge in [-0.2, -0.15) is 0 Å². The summed E-state index contributed by atoms with van der Waals surface area (Å²) >= 11 is 7.81. The Hall–Kier alpha value is -5.68. The normalized spacial score (nSPS) is 22.7. The number of Topliss-reactive ketones (excluding diaryl/α,β-unsaturated/α-hetero) is 1. The van der Waals surface area contributed by atoms with Gasteiger partial charge < -0.3 is 41.0 Å². The first kappa shape index (κ1) is 38.1. The lowest BCUT2D eigenvalue weighted by Crippen LogP contribution is -2.68. The SMILES string of the molecule is CC(C)(O/N=C(\C(=O)N[C@@H]1C(=O)N2C[C@@](C=O)(N3CCN(NC(=O)C4CN(C(=O)C(=O)c5ccc(O)c(O)c5Cl)C4)C3=O)S[C@H]12)c1csc(N)n1)C(=O)O. The van der Waals surface area contributed by atoms with E-state index in [0.717, 1.165) is 45.1 Å². The second-order valence-corrected chi connectivity index (χ2v) is 15.6. The van der Waals surface area contributed by atoms with Crippen LogP contribution in [0.25, 0.3) is 0 Å². The predicted molar refractivity (Wildman–Crippen MR) is 186 cm³/mol. The Bertz CT molecular complexity index is 2040. The van der Waals surface area contributed by atoms with Crippen molar-refractivity contribution < 1.29 is 58.5 Å². The molecule has 7 N–H and O–H groups in total. The number of carboxylic acid groups (broad SMARTS) is 1. The molecule has 3 atom stereocenters. The number of hydrazine groups is 1. The number of aliphatic carboxylic acids is 1. The molecule has 1 aromatic heterocycles. The number of carboxylic acids is 1. The van der Waals surface area contributed by atoms with Crippen molar-refractivity contribution in [2.75, 3.05) is 38.5 Å². The first-order valence-electron chi connectivity index (χ1n) is 15.8. The number of rotatable bonds is 12. The van der Waals surface area contributed by atoms with E-state index in [1.54, 1.807) is 0 Å². The van der Waals surface area contributed by atoms with Crippen LogP contribution in [0.5, 0.6) is 11.5 Å². The van der Waals surface area contributed by atoms with Gasteiger partial charge in [-0.25, -0.2) is 19.6 Å². The van der Waals surface area contributed by atoms with E-state index in [2.05, 4.69) is 20.9 Å². The van der Waals surface area contributed by atoms with E-state index in [1.807, 2.05) is 0 Å². The number of nitrogen functional groups attached to an aromatic ring is 1. The van der Waals surface area contributed by atoms with E-state index in [9.17, 15) is 53.7 Å². The molecular formula is C30H30ClN9O12S2. The number of aldehydes is 1. The molecule has 4 saturated heterocycles. The molecule has 5 heterocycles. The van der Waals surface area contributed by atoms with E-state index in [4.69, 9.17) is 22.2 Å². The zero-order valence-corrected chi connectivity index (χ0v) is 30.4. The monoisotopic (exact) mass is 807 g/mol. The van der Waals surface area contributed by atoms with Gasteiger partial charge in [-0.05, 0) is 26.0 Å². The number of anilines is 1.